The SMILES string of the molecule is CCOC(=O)NC(=O)CSc1nnc(-c2cc(OC)c(OC)c(OC)c2)n1-c1ccccc1F. The quantitative estimate of drug-likeness (QED) is 0.450. The second-order valence-corrected chi connectivity index (χ2v) is 7.51. The van der Waals surface area contributed by atoms with Crippen LogP contribution in [0, 0.1) is 5.82 Å². The Morgan fingerprint density at radius 1 is 1.06 bits per heavy atom. The summed E-state index contributed by atoms with van der Waals surface area (Å²) in [6.45, 7) is 1.76. The lowest BCUT2D eigenvalue weighted by atomic mass is 10.1. The third-order valence-corrected chi connectivity index (χ3v) is 5.43. The second kappa shape index (κ2) is 11.4. The number of hydrogen-bond acceptors (Lipinski definition) is 9. The summed E-state index contributed by atoms with van der Waals surface area (Å²) in [5.41, 5.74) is 0.678. The number of carbonyl (C=O) groups is 2. The van der Waals surface area contributed by atoms with Crippen molar-refractivity contribution in [2.75, 3.05) is 33.7 Å². The zero-order valence-electron chi connectivity index (χ0n) is 19.0. The summed E-state index contributed by atoms with van der Waals surface area (Å²) >= 11 is 0.978. The van der Waals surface area contributed by atoms with Crippen LogP contribution in [0.5, 0.6) is 17.2 Å². The maximum atomic E-state index is 14.8. The molecule has 0 bridgehead atoms. The van der Waals surface area contributed by atoms with Gasteiger partial charge in [-0.2, -0.15) is 0 Å². The highest BCUT2D eigenvalue weighted by Gasteiger charge is 2.23. The fraction of sp³-hybridized carbons (Fsp3) is 0.273. The molecule has 0 unspecified atom stereocenters. The molecule has 10 nitrogen and oxygen atoms in total. The first-order valence-electron chi connectivity index (χ1n) is 10.0. The molecule has 34 heavy (non-hydrogen) atoms. The van der Waals surface area contributed by atoms with E-state index < -0.39 is 17.8 Å². The molecule has 12 heteroatoms. The molecule has 3 aromatic rings. The molecule has 0 aliphatic heterocycles. The van der Waals surface area contributed by atoms with Crippen LogP contribution in [0.2, 0.25) is 0 Å². The molecule has 0 spiro atoms. The van der Waals surface area contributed by atoms with Crippen molar-refractivity contribution in [2.45, 2.75) is 12.1 Å². The molecule has 0 fully saturated rings. The van der Waals surface area contributed by atoms with Crippen LogP contribution in [0.25, 0.3) is 17.1 Å². The highest BCUT2D eigenvalue weighted by atomic mass is 32.2. The van der Waals surface area contributed by atoms with E-state index >= 15 is 0 Å². The Hall–Kier alpha value is -3.80. The van der Waals surface area contributed by atoms with Crippen LogP contribution in [0.15, 0.2) is 41.6 Å². The monoisotopic (exact) mass is 490 g/mol. The van der Waals surface area contributed by atoms with Gasteiger partial charge in [-0.3, -0.25) is 14.7 Å². The number of aromatic nitrogens is 3. The molecular weight excluding hydrogens is 467 g/mol. The van der Waals surface area contributed by atoms with Crippen LogP contribution in [0.4, 0.5) is 9.18 Å². The standard InChI is InChI=1S/C22H23FN4O6S/c1-5-33-22(29)24-18(28)12-34-21-26-25-20(27(21)15-9-7-6-8-14(15)23)13-10-16(30-2)19(32-4)17(11-13)31-3/h6-11H,5,12H2,1-4H3,(H,24,28,29). The van der Waals surface area contributed by atoms with Crippen molar-refractivity contribution in [3.63, 3.8) is 0 Å². The van der Waals surface area contributed by atoms with Crippen molar-refractivity contribution in [3.05, 3.63) is 42.2 Å². The first kappa shape index (κ1) is 24.8. The molecule has 1 heterocycles. The molecule has 1 aromatic heterocycles. The van der Waals surface area contributed by atoms with Gasteiger partial charge in [-0.15, -0.1) is 10.2 Å². The summed E-state index contributed by atoms with van der Waals surface area (Å²) in [6, 6.07) is 9.40. The molecule has 2 aromatic carbocycles. The minimum Gasteiger partial charge on any atom is -0.493 e. The van der Waals surface area contributed by atoms with Gasteiger partial charge in [-0.1, -0.05) is 23.9 Å². The van der Waals surface area contributed by atoms with Gasteiger partial charge in [0.25, 0.3) is 0 Å². The van der Waals surface area contributed by atoms with Crippen molar-refractivity contribution >= 4 is 23.8 Å². The smallest absolute Gasteiger partial charge is 0.413 e. The van der Waals surface area contributed by atoms with Gasteiger partial charge in [0.15, 0.2) is 22.5 Å². The van der Waals surface area contributed by atoms with Gasteiger partial charge in [0.1, 0.15) is 5.82 Å². The van der Waals surface area contributed by atoms with Crippen LogP contribution in [-0.4, -0.2) is 60.5 Å². The normalized spacial score (nSPS) is 10.5. The van der Waals surface area contributed by atoms with Crippen LogP contribution < -0.4 is 19.5 Å². The average Bonchev–Trinajstić information content (AvgIpc) is 3.25. The summed E-state index contributed by atoms with van der Waals surface area (Å²) in [5.74, 6) is 0.120. The fourth-order valence-electron chi connectivity index (χ4n) is 3.06. The first-order chi connectivity index (χ1) is 16.4. The number of amides is 2. The van der Waals surface area contributed by atoms with Gasteiger partial charge in [0.2, 0.25) is 11.7 Å². The predicted molar refractivity (Wildman–Crippen MR) is 122 cm³/mol. The highest BCUT2D eigenvalue weighted by Crippen LogP contribution is 2.41. The van der Waals surface area contributed by atoms with Crippen LogP contribution in [-0.2, 0) is 9.53 Å². The molecule has 180 valence electrons. The lowest BCUT2D eigenvalue weighted by molar-refractivity contribution is -0.117. The number of ether oxygens (including phenoxy) is 4. The van der Waals surface area contributed by atoms with Gasteiger partial charge >= 0.3 is 6.09 Å². The summed E-state index contributed by atoms with van der Waals surface area (Å²) in [4.78, 5) is 23.6. The Morgan fingerprint density at radius 3 is 2.32 bits per heavy atom. The Kier molecular flexibility index (Phi) is 8.30. The van der Waals surface area contributed by atoms with Crippen molar-refractivity contribution in [3.8, 4) is 34.3 Å². The number of benzene rings is 2. The Balaban J connectivity index is 2.05. The molecule has 0 radical (unpaired) electrons. The summed E-state index contributed by atoms with van der Waals surface area (Å²) < 4.78 is 37.2. The maximum Gasteiger partial charge on any atom is 0.413 e. The van der Waals surface area contributed by atoms with E-state index in [-0.39, 0.29) is 29.0 Å². The lowest BCUT2D eigenvalue weighted by Gasteiger charge is -2.15. The number of nitrogens with one attached hydrogen (secondary N) is 1. The predicted octanol–water partition coefficient (Wildman–Crippen LogP) is 3.46. The average molecular weight is 491 g/mol. The zero-order chi connectivity index (χ0) is 24.7. The Bertz CT molecular complexity index is 1160. The van der Waals surface area contributed by atoms with Crippen molar-refractivity contribution in [1.29, 1.82) is 0 Å². The van der Waals surface area contributed by atoms with Crippen molar-refractivity contribution in [1.82, 2.24) is 20.1 Å². The molecular formula is C22H23FN4O6S. The van der Waals surface area contributed by atoms with E-state index in [1.807, 2.05) is 0 Å². The molecule has 2 amide bonds. The second-order valence-electron chi connectivity index (χ2n) is 6.56. The van der Waals surface area contributed by atoms with Crippen LogP contribution in [0.1, 0.15) is 6.92 Å². The summed E-state index contributed by atoms with van der Waals surface area (Å²) in [6.07, 6.45) is -0.846. The zero-order valence-corrected chi connectivity index (χ0v) is 19.8. The van der Waals surface area contributed by atoms with E-state index in [4.69, 9.17) is 18.9 Å². The van der Waals surface area contributed by atoms with Crippen molar-refractivity contribution in [2.24, 2.45) is 0 Å². The third kappa shape index (κ3) is 5.39. The van der Waals surface area contributed by atoms with E-state index in [2.05, 4.69) is 15.5 Å². The largest absolute Gasteiger partial charge is 0.493 e. The van der Waals surface area contributed by atoms with Gasteiger partial charge in [-0.25, -0.2) is 9.18 Å². The molecule has 0 saturated heterocycles. The molecule has 1 N–H and O–H groups in total. The summed E-state index contributed by atoms with van der Waals surface area (Å²) in [7, 11) is 4.44. The number of methoxy groups -OCH3 is 3. The highest BCUT2D eigenvalue weighted by molar-refractivity contribution is 7.99. The minimum atomic E-state index is -0.846. The van der Waals surface area contributed by atoms with E-state index in [0.717, 1.165) is 11.8 Å². The third-order valence-electron chi connectivity index (χ3n) is 4.50. The maximum absolute atomic E-state index is 14.8. The van der Waals surface area contributed by atoms with E-state index in [1.54, 1.807) is 37.3 Å². The number of thioether (sulfide) groups is 1. The molecule has 3 rings (SSSR count). The van der Waals surface area contributed by atoms with Gasteiger partial charge in [0.05, 0.1) is 39.4 Å². The Morgan fingerprint density at radius 2 is 1.74 bits per heavy atom. The number of para-hydroxylation sites is 1. The van der Waals surface area contributed by atoms with Crippen LogP contribution >= 0.6 is 11.8 Å². The topological polar surface area (TPSA) is 114 Å². The van der Waals surface area contributed by atoms with Gasteiger partial charge < -0.3 is 18.9 Å². The molecule has 0 atom stereocenters. The summed E-state index contributed by atoms with van der Waals surface area (Å²) in [5, 5.41) is 10.7. The van der Waals surface area contributed by atoms with Gasteiger partial charge in [0, 0.05) is 5.56 Å². The van der Waals surface area contributed by atoms with Crippen molar-refractivity contribution < 1.29 is 32.9 Å². The van der Waals surface area contributed by atoms with E-state index in [9.17, 15) is 14.0 Å². The van der Waals surface area contributed by atoms with Crippen LogP contribution in [0.3, 0.4) is 0 Å². The number of rotatable bonds is 9. The lowest BCUT2D eigenvalue weighted by Crippen LogP contribution is -2.32. The number of nitrogens with zero attached hydrogens (tertiary/aromatic N) is 3. The van der Waals surface area contributed by atoms with E-state index in [1.165, 1.54) is 32.0 Å². The number of carbonyl (C=O) groups excluding carboxylic acids is 2. The number of imide groups is 1. The van der Waals surface area contributed by atoms with E-state index in [0.29, 0.717) is 22.8 Å². The number of hydrogen-bond donors (Lipinski definition) is 1. The molecule has 0 aliphatic rings. The molecule has 0 saturated carbocycles. The van der Waals surface area contributed by atoms with Gasteiger partial charge in [-0.05, 0) is 31.2 Å². The molecule has 0 aliphatic carbocycles. The number of halogens is 1. The minimum absolute atomic E-state index is 0.131. The first-order valence-corrected chi connectivity index (χ1v) is 11.0. The fourth-order valence-corrected chi connectivity index (χ4v) is 3.80. The Labute approximate surface area is 199 Å². The number of alkyl carbamates (subject to hydrolysis) is 1.